The third kappa shape index (κ3) is 10.6. The second-order valence-corrected chi connectivity index (χ2v) is 10.1. The number of alkyl halides is 3. The Labute approximate surface area is 135 Å². The van der Waals surface area contributed by atoms with Gasteiger partial charge >= 0.3 is 12.3 Å². The van der Waals surface area contributed by atoms with Gasteiger partial charge in [0.05, 0.1) is 6.61 Å². The average molecular weight is 383 g/mol. The molecule has 122 valence electrons. The Bertz CT molecular complexity index is 473. The number of aryl methyl sites for hydroxylation is 2. The maximum atomic E-state index is 12.0. The number of thiophene rings is 1. The number of unbranched alkanes of at least 4 members (excludes halogenated alkanes) is 1. The Hall–Kier alpha value is 0.260. The first kappa shape index (κ1) is 19.3. The van der Waals surface area contributed by atoms with E-state index in [1.165, 1.54) is 0 Å². The van der Waals surface area contributed by atoms with E-state index in [4.69, 9.17) is 27.0 Å². The minimum atomic E-state index is -4.06. The van der Waals surface area contributed by atoms with Crippen molar-refractivity contribution in [3.8, 4) is 0 Å². The molecule has 0 N–H and O–H groups in total. The van der Waals surface area contributed by atoms with E-state index in [1.54, 1.807) is 11.3 Å². The van der Waals surface area contributed by atoms with Crippen LogP contribution >= 0.6 is 39.9 Å². The van der Waals surface area contributed by atoms with Crippen molar-refractivity contribution in [2.45, 2.75) is 44.7 Å². The Morgan fingerprint density at radius 2 is 1.67 bits per heavy atom. The van der Waals surface area contributed by atoms with Crippen LogP contribution in [0, 0.1) is 0 Å². The molecule has 0 atom stereocenters. The van der Waals surface area contributed by atoms with Gasteiger partial charge in [-0.3, -0.25) is 4.57 Å². The predicted molar refractivity (Wildman–Crippen MR) is 81.5 cm³/mol. The van der Waals surface area contributed by atoms with E-state index in [2.05, 4.69) is 0 Å². The average Bonchev–Trinajstić information content (AvgIpc) is 2.76. The monoisotopic (exact) mass is 382 g/mol. The molecule has 0 bridgehead atoms. The highest BCUT2D eigenvalue weighted by Crippen LogP contribution is 2.57. The lowest BCUT2D eigenvalue weighted by Gasteiger charge is -2.04. The van der Waals surface area contributed by atoms with Crippen LogP contribution < -0.4 is 0 Å². The molecule has 0 spiro atoms. The molecular formula is C12H16Cl2F3O2PS. The highest BCUT2D eigenvalue weighted by atomic mass is 35.9. The van der Waals surface area contributed by atoms with E-state index >= 15 is 0 Å². The highest BCUT2D eigenvalue weighted by molar-refractivity contribution is 8.05. The molecule has 0 fully saturated rings. The number of rotatable bonds is 9. The minimum Gasteiger partial charge on any atom is -0.306 e. The van der Waals surface area contributed by atoms with Crippen molar-refractivity contribution in [2.24, 2.45) is 0 Å². The van der Waals surface area contributed by atoms with E-state index in [0.29, 0.717) is 19.3 Å². The summed E-state index contributed by atoms with van der Waals surface area (Å²) in [6.45, 7) is 0.211. The SMILES string of the molecule is O=P(Cl)(Cl)OCCCc1ccc(CCCCC(F)(F)F)s1. The predicted octanol–water partition coefficient (Wildman–Crippen LogP) is 6.56. The number of hydrogen-bond donors (Lipinski definition) is 0. The van der Waals surface area contributed by atoms with Crippen LogP contribution in [0.1, 0.15) is 35.4 Å². The molecule has 1 rings (SSSR count). The van der Waals surface area contributed by atoms with E-state index in [1.807, 2.05) is 12.1 Å². The molecule has 1 heterocycles. The van der Waals surface area contributed by atoms with E-state index < -0.39 is 18.7 Å². The molecule has 1 aromatic heterocycles. The standard InChI is InChI=1S/C12H16Cl2F3O2PS/c13-20(14,18)19-9-3-5-11-7-6-10(21-11)4-1-2-8-12(15,16)17/h6-7H,1-5,8-9H2. The summed E-state index contributed by atoms with van der Waals surface area (Å²) >= 11 is 12.1. The summed E-state index contributed by atoms with van der Waals surface area (Å²) in [4.78, 5) is 2.19. The molecular weight excluding hydrogens is 367 g/mol. The van der Waals surface area contributed by atoms with Crippen molar-refractivity contribution in [3.63, 3.8) is 0 Å². The van der Waals surface area contributed by atoms with Crippen molar-refractivity contribution < 1.29 is 22.3 Å². The zero-order valence-electron chi connectivity index (χ0n) is 11.2. The van der Waals surface area contributed by atoms with Gasteiger partial charge in [0.2, 0.25) is 0 Å². The van der Waals surface area contributed by atoms with Crippen molar-refractivity contribution in [2.75, 3.05) is 6.61 Å². The maximum Gasteiger partial charge on any atom is 0.389 e. The topological polar surface area (TPSA) is 26.3 Å². The molecule has 0 amide bonds. The van der Waals surface area contributed by atoms with Crippen LogP contribution in [0.15, 0.2) is 12.1 Å². The van der Waals surface area contributed by atoms with Gasteiger partial charge in [0.1, 0.15) is 0 Å². The van der Waals surface area contributed by atoms with E-state index in [0.717, 1.165) is 16.2 Å². The molecule has 0 aliphatic heterocycles. The van der Waals surface area contributed by atoms with Crippen LogP contribution in [-0.4, -0.2) is 12.8 Å². The molecule has 2 nitrogen and oxygen atoms in total. The Morgan fingerprint density at radius 3 is 2.19 bits per heavy atom. The van der Waals surface area contributed by atoms with Crippen LogP contribution in [0.3, 0.4) is 0 Å². The van der Waals surface area contributed by atoms with Crippen LogP contribution in [0.2, 0.25) is 0 Å². The highest BCUT2D eigenvalue weighted by Gasteiger charge is 2.25. The Balaban J connectivity index is 2.19. The first-order chi connectivity index (χ1) is 9.66. The summed E-state index contributed by atoms with van der Waals surface area (Å²) in [5, 5.41) is 0. The van der Waals surface area contributed by atoms with Gasteiger partial charge in [-0.2, -0.15) is 13.2 Å². The van der Waals surface area contributed by atoms with Crippen molar-refractivity contribution in [1.82, 2.24) is 0 Å². The zero-order valence-corrected chi connectivity index (χ0v) is 14.4. The molecule has 0 aromatic carbocycles. The van der Waals surface area contributed by atoms with Gasteiger partial charge in [-0.05, 0) is 66.7 Å². The van der Waals surface area contributed by atoms with Crippen LogP contribution in [0.5, 0.6) is 0 Å². The van der Waals surface area contributed by atoms with Crippen LogP contribution in [0.4, 0.5) is 13.2 Å². The van der Waals surface area contributed by atoms with Crippen molar-refractivity contribution in [1.29, 1.82) is 0 Å². The summed E-state index contributed by atoms with van der Waals surface area (Å²) in [5.74, 6) is 0. The first-order valence-corrected chi connectivity index (χ1v) is 10.7. The molecule has 0 aliphatic rings. The summed E-state index contributed by atoms with van der Waals surface area (Å²) in [7, 11) is 0. The number of halogens is 5. The van der Waals surface area contributed by atoms with Gasteiger partial charge in [0, 0.05) is 16.2 Å². The third-order valence-electron chi connectivity index (χ3n) is 2.66. The fraction of sp³-hybridized carbons (Fsp3) is 0.667. The van der Waals surface area contributed by atoms with Crippen LogP contribution in [-0.2, 0) is 21.9 Å². The summed E-state index contributed by atoms with van der Waals surface area (Å²) in [6.07, 6.45) is -5.52. The summed E-state index contributed by atoms with van der Waals surface area (Å²) in [5.41, 5.74) is 0. The Kier molecular flexibility index (Phi) is 8.07. The molecule has 9 heteroatoms. The molecule has 0 saturated carbocycles. The number of hydrogen-bond acceptors (Lipinski definition) is 3. The third-order valence-corrected chi connectivity index (χ3v) is 4.93. The molecule has 1 aromatic rings. The van der Waals surface area contributed by atoms with Gasteiger partial charge in [-0.15, -0.1) is 11.3 Å². The first-order valence-electron chi connectivity index (χ1n) is 6.44. The fourth-order valence-electron chi connectivity index (χ4n) is 1.73. The lowest BCUT2D eigenvalue weighted by Crippen LogP contribution is -2.06. The second-order valence-electron chi connectivity index (χ2n) is 4.54. The second kappa shape index (κ2) is 8.78. The van der Waals surface area contributed by atoms with Crippen LogP contribution in [0.25, 0.3) is 0 Å². The molecule has 21 heavy (non-hydrogen) atoms. The summed E-state index contributed by atoms with van der Waals surface area (Å²) in [6, 6.07) is 3.88. The van der Waals surface area contributed by atoms with Crippen molar-refractivity contribution in [3.05, 3.63) is 21.9 Å². The molecule has 0 saturated heterocycles. The van der Waals surface area contributed by atoms with Crippen molar-refractivity contribution >= 4 is 39.9 Å². The largest absolute Gasteiger partial charge is 0.389 e. The lowest BCUT2D eigenvalue weighted by molar-refractivity contribution is -0.135. The summed E-state index contributed by atoms with van der Waals surface area (Å²) < 4.78 is 51.6. The zero-order chi connectivity index (χ0) is 15.9. The maximum absolute atomic E-state index is 12.0. The Morgan fingerprint density at radius 1 is 1.10 bits per heavy atom. The molecule has 0 aliphatic carbocycles. The lowest BCUT2D eigenvalue weighted by atomic mass is 10.1. The van der Waals surface area contributed by atoms with Gasteiger partial charge in [-0.25, -0.2) is 0 Å². The normalized spacial score (nSPS) is 12.8. The molecule has 0 unspecified atom stereocenters. The fourth-order valence-corrected chi connectivity index (χ4v) is 3.59. The van der Waals surface area contributed by atoms with Gasteiger partial charge in [-0.1, -0.05) is 0 Å². The quantitative estimate of drug-likeness (QED) is 0.357. The smallest absolute Gasteiger partial charge is 0.306 e. The van der Waals surface area contributed by atoms with Gasteiger partial charge in [0.25, 0.3) is 0 Å². The molecule has 0 radical (unpaired) electrons. The van der Waals surface area contributed by atoms with E-state index in [9.17, 15) is 17.7 Å². The van der Waals surface area contributed by atoms with E-state index in [-0.39, 0.29) is 13.0 Å². The van der Waals surface area contributed by atoms with Gasteiger partial charge in [0.15, 0.2) is 0 Å². The minimum absolute atomic E-state index is 0.158. The van der Waals surface area contributed by atoms with Gasteiger partial charge < -0.3 is 4.52 Å².